The summed E-state index contributed by atoms with van der Waals surface area (Å²) in [5.41, 5.74) is 1.71. The molecule has 1 N–H and O–H groups in total. The first kappa shape index (κ1) is 16.3. The van der Waals surface area contributed by atoms with Gasteiger partial charge in [-0.25, -0.2) is 4.79 Å². The van der Waals surface area contributed by atoms with Crippen LogP contribution in [0.5, 0.6) is 0 Å². The van der Waals surface area contributed by atoms with Crippen LogP contribution in [-0.2, 0) is 9.53 Å². The van der Waals surface area contributed by atoms with Gasteiger partial charge < -0.3 is 10.1 Å². The van der Waals surface area contributed by atoms with E-state index in [0.717, 1.165) is 5.56 Å². The summed E-state index contributed by atoms with van der Waals surface area (Å²) in [6, 6.07) is 11.7. The van der Waals surface area contributed by atoms with Crippen molar-refractivity contribution in [1.29, 1.82) is 0 Å². The van der Waals surface area contributed by atoms with Crippen LogP contribution < -0.4 is 5.32 Å². The van der Waals surface area contributed by atoms with E-state index in [1.807, 2.05) is 6.92 Å². The van der Waals surface area contributed by atoms with Gasteiger partial charge in [0.2, 0.25) is 0 Å². The largest absolute Gasteiger partial charge is 0.452 e. The van der Waals surface area contributed by atoms with E-state index in [1.54, 1.807) is 42.5 Å². The molecule has 0 unspecified atom stereocenters. The number of ether oxygens (including phenoxy) is 1. The molecule has 2 aromatic carbocycles. The molecule has 2 aromatic rings. The number of rotatable bonds is 4. The van der Waals surface area contributed by atoms with Crippen LogP contribution in [0, 0.1) is 6.92 Å². The molecule has 0 heterocycles. The smallest absolute Gasteiger partial charge is 0.338 e. The predicted octanol–water partition coefficient (Wildman–Crippen LogP) is 4.10. The maximum Gasteiger partial charge on any atom is 0.338 e. The summed E-state index contributed by atoms with van der Waals surface area (Å²) in [6.45, 7) is 1.49. The molecule has 0 radical (unpaired) electrons. The standard InChI is InChI=1S/C16H13Cl2NO3/c1-10-5-7-11(8-6-10)16(21)22-9-14(20)19-15-12(17)3-2-4-13(15)18/h2-8H,9H2,1H3,(H,19,20). The van der Waals surface area contributed by atoms with E-state index >= 15 is 0 Å². The van der Waals surface area contributed by atoms with Crippen molar-refractivity contribution in [3.8, 4) is 0 Å². The van der Waals surface area contributed by atoms with E-state index in [4.69, 9.17) is 27.9 Å². The Hall–Kier alpha value is -2.04. The van der Waals surface area contributed by atoms with Gasteiger partial charge in [0.25, 0.3) is 5.91 Å². The molecule has 0 bridgehead atoms. The van der Waals surface area contributed by atoms with Crippen molar-refractivity contribution < 1.29 is 14.3 Å². The Labute approximate surface area is 138 Å². The van der Waals surface area contributed by atoms with Gasteiger partial charge in [0.1, 0.15) is 0 Å². The number of hydrogen-bond donors (Lipinski definition) is 1. The summed E-state index contributed by atoms with van der Waals surface area (Å²) in [6.07, 6.45) is 0. The molecule has 2 rings (SSSR count). The van der Waals surface area contributed by atoms with Gasteiger partial charge in [-0.3, -0.25) is 4.79 Å². The Morgan fingerprint density at radius 3 is 2.23 bits per heavy atom. The third-order valence-electron chi connectivity index (χ3n) is 2.85. The van der Waals surface area contributed by atoms with E-state index in [2.05, 4.69) is 5.32 Å². The molecular weight excluding hydrogens is 325 g/mol. The van der Waals surface area contributed by atoms with Gasteiger partial charge in [0, 0.05) is 0 Å². The number of carbonyl (C=O) groups is 2. The molecule has 4 nitrogen and oxygen atoms in total. The Morgan fingerprint density at radius 2 is 1.64 bits per heavy atom. The SMILES string of the molecule is Cc1ccc(C(=O)OCC(=O)Nc2c(Cl)cccc2Cl)cc1. The lowest BCUT2D eigenvalue weighted by Crippen LogP contribution is -2.21. The molecule has 114 valence electrons. The molecule has 0 aliphatic carbocycles. The minimum absolute atomic E-state index is 0.294. The highest BCUT2D eigenvalue weighted by atomic mass is 35.5. The first-order valence-corrected chi connectivity index (χ1v) is 7.20. The molecule has 0 aromatic heterocycles. The quantitative estimate of drug-likeness (QED) is 0.854. The molecule has 6 heteroatoms. The van der Waals surface area contributed by atoms with E-state index < -0.39 is 18.5 Å². The van der Waals surface area contributed by atoms with Gasteiger partial charge >= 0.3 is 5.97 Å². The van der Waals surface area contributed by atoms with Crippen LogP contribution in [0.1, 0.15) is 15.9 Å². The van der Waals surface area contributed by atoms with Crippen LogP contribution in [0.15, 0.2) is 42.5 Å². The van der Waals surface area contributed by atoms with Crippen molar-refractivity contribution in [2.24, 2.45) is 0 Å². The zero-order chi connectivity index (χ0) is 16.1. The van der Waals surface area contributed by atoms with Gasteiger partial charge in [0.05, 0.1) is 21.3 Å². The molecule has 22 heavy (non-hydrogen) atoms. The Balaban J connectivity index is 1.93. The normalized spacial score (nSPS) is 10.1. The molecule has 0 saturated heterocycles. The number of hydrogen-bond acceptors (Lipinski definition) is 3. The number of carbonyl (C=O) groups excluding carboxylic acids is 2. The Morgan fingerprint density at radius 1 is 1.05 bits per heavy atom. The molecule has 0 aliphatic rings. The monoisotopic (exact) mass is 337 g/mol. The number of esters is 1. The van der Waals surface area contributed by atoms with Crippen LogP contribution in [0.2, 0.25) is 10.0 Å². The summed E-state index contributed by atoms with van der Waals surface area (Å²) in [4.78, 5) is 23.6. The first-order valence-electron chi connectivity index (χ1n) is 6.45. The lowest BCUT2D eigenvalue weighted by molar-refractivity contribution is -0.119. The zero-order valence-corrected chi connectivity index (χ0v) is 13.2. The second kappa shape index (κ2) is 7.29. The Bertz CT molecular complexity index is 679. The summed E-state index contributed by atoms with van der Waals surface area (Å²) >= 11 is 11.9. The average molecular weight is 338 g/mol. The van der Waals surface area contributed by atoms with Gasteiger partial charge in [-0.05, 0) is 31.2 Å². The molecule has 0 spiro atoms. The van der Waals surface area contributed by atoms with Crippen molar-refractivity contribution in [3.05, 3.63) is 63.6 Å². The van der Waals surface area contributed by atoms with Crippen LogP contribution in [0.25, 0.3) is 0 Å². The van der Waals surface area contributed by atoms with Crippen molar-refractivity contribution in [2.75, 3.05) is 11.9 Å². The van der Waals surface area contributed by atoms with Crippen molar-refractivity contribution in [3.63, 3.8) is 0 Å². The number of amides is 1. The number of benzene rings is 2. The van der Waals surface area contributed by atoms with Crippen molar-refractivity contribution in [1.82, 2.24) is 0 Å². The molecular formula is C16H13Cl2NO3. The van der Waals surface area contributed by atoms with Crippen LogP contribution >= 0.6 is 23.2 Å². The van der Waals surface area contributed by atoms with Gasteiger partial charge in [0.15, 0.2) is 6.61 Å². The van der Waals surface area contributed by atoms with E-state index in [1.165, 1.54) is 0 Å². The predicted molar refractivity (Wildman–Crippen MR) is 86.6 cm³/mol. The highest BCUT2D eigenvalue weighted by Gasteiger charge is 2.13. The fraction of sp³-hybridized carbons (Fsp3) is 0.125. The maximum absolute atomic E-state index is 11.8. The lowest BCUT2D eigenvalue weighted by Gasteiger charge is -2.09. The van der Waals surface area contributed by atoms with Crippen LogP contribution in [-0.4, -0.2) is 18.5 Å². The third kappa shape index (κ3) is 4.23. The first-order chi connectivity index (χ1) is 10.5. The van der Waals surface area contributed by atoms with E-state index in [9.17, 15) is 9.59 Å². The van der Waals surface area contributed by atoms with Crippen molar-refractivity contribution >= 4 is 40.8 Å². The lowest BCUT2D eigenvalue weighted by atomic mass is 10.1. The summed E-state index contributed by atoms with van der Waals surface area (Å²) in [7, 11) is 0. The van der Waals surface area contributed by atoms with Crippen LogP contribution in [0.4, 0.5) is 5.69 Å². The molecule has 0 aliphatic heterocycles. The number of anilines is 1. The number of aryl methyl sites for hydroxylation is 1. The van der Waals surface area contributed by atoms with Crippen molar-refractivity contribution in [2.45, 2.75) is 6.92 Å². The van der Waals surface area contributed by atoms with Gasteiger partial charge in [-0.1, -0.05) is 47.0 Å². The van der Waals surface area contributed by atoms with Gasteiger partial charge in [-0.2, -0.15) is 0 Å². The van der Waals surface area contributed by atoms with Crippen LogP contribution in [0.3, 0.4) is 0 Å². The molecule has 0 fully saturated rings. The summed E-state index contributed by atoms with van der Waals surface area (Å²) in [5.74, 6) is -1.09. The molecule has 0 saturated carbocycles. The summed E-state index contributed by atoms with van der Waals surface area (Å²) in [5, 5.41) is 3.14. The number of nitrogens with one attached hydrogen (secondary N) is 1. The second-order valence-electron chi connectivity index (χ2n) is 4.59. The topological polar surface area (TPSA) is 55.4 Å². The average Bonchev–Trinajstić information content (AvgIpc) is 2.49. The maximum atomic E-state index is 11.8. The van der Waals surface area contributed by atoms with E-state index in [-0.39, 0.29) is 0 Å². The Kier molecular flexibility index (Phi) is 5.41. The fourth-order valence-corrected chi connectivity index (χ4v) is 2.19. The highest BCUT2D eigenvalue weighted by Crippen LogP contribution is 2.29. The minimum Gasteiger partial charge on any atom is -0.452 e. The number of para-hydroxylation sites is 1. The number of halogens is 2. The fourth-order valence-electron chi connectivity index (χ4n) is 1.70. The zero-order valence-electron chi connectivity index (χ0n) is 11.7. The molecule has 1 amide bonds. The molecule has 0 atom stereocenters. The summed E-state index contributed by atoms with van der Waals surface area (Å²) < 4.78 is 4.94. The highest BCUT2D eigenvalue weighted by molar-refractivity contribution is 6.39. The minimum atomic E-state index is -0.569. The van der Waals surface area contributed by atoms with E-state index in [0.29, 0.717) is 21.3 Å². The second-order valence-corrected chi connectivity index (χ2v) is 5.40. The third-order valence-corrected chi connectivity index (χ3v) is 3.48. The van der Waals surface area contributed by atoms with Gasteiger partial charge in [-0.15, -0.1) is 0 Å².